The minimum absolute atomic E-state index is 0.101. The predicted molar refractivity (Wildman–Crippen MR) is 120 cm³/mol. The first-order chi connectivity index (χ1) is 14.6. The van der Waals surface area contributed by atoms with E-state index in [9.17, 15) is 9.59 Å². The van der Waals surface area contributed by atoms with E-state index in [1.165, 1.54) is 0 Å². The third-order valence-corrected chi connectivity index (χ3v) is 5.40. The lowest BCUT2D eigenvalue weighted by molar-refractivity contribution is -0.124. The van der Waals surface area contributed by atoms with Gasteiger partial charge in [-0.2, -0.15) is 0 Å². The van der Waals surface area contributed by atoms with Crippen LogP contribution in [0, 0.1) is 0 Å². The van der Waals surface area contributed by atoms with E-state index in [2.05, 4.69) is 15.2 Å². The number of nitrogens with one attached hydrogen (secondary N) is 1. The average Bonchev–Trinajstić information content (AvgIpc) is 3.18. The van der Waals surface area contributed by atoms with Crippen LogP contribution in [0.3, 0.4) is 0 Å². The van der Waals surface area contributed by atoms with E-state index in [4.69, 9.17) is 16.2 Å². The molecule has 2 aliphatic rings. The summed E-state index contributed by atoms with van der Waals surface area (Å²) in [6.07, 6.45) is 2.75. The van der Waals surface area contributed by atoms with Crippen LogP contribution < -0.4 is 21.5 Å². The van der Waals surface area contributed by atoms with E-state index in [-0.39, 0.29) is 29.9 Å². The first kappa shape index (κ1) is 22.9. The average molecular weight is 431 g/mol. The number of primary amides is 1. The number of hydrogen-bond acceptors (Lipinski definition) is 7. The fourth-order valence-electron chi connectivity index (χ4n) is 3.97. The molecule has 0 aromatic heterocycles. The molecule has 170 valence electrons. The summed E-state index contributed by atoms with van der Waals surface area (Å²) in [6, 6.07) is 5.35. The standard InChI is InChI=1S/C22H34N6O3/c1-22(2,3)26-19(29)14-28-13-15-6-7-16(12-17(15)25-21(28)24)31-11-8-18(20(23)30)27-9-4-5-10-27/h6-7,12,18H,4-5,8-11,13-14H2,1-3H3,(H2,23,30)(H2,24,25)(H,26,29). The summed E-state index contributed by atoms with van der Waals surface area (Å²) in [4.78, 5) is 32.4. The van der Waals surface area contributed by atoms with E-state index >= 15 is 0 Å². The molecule has 1 fully saturated rings. The molecule has 1 unspecified atom stereocenters. The molecule has 0 aliphatic carbocycles. The van der Waals surface area contributed by atoms with E-state index in [0.29, 0.717) is 31.3 Å². The number of likely N-dealkylation sites (tertiary alicyclic amines) is 1. The van der Waals surface area contributed by atoms with Crippen LogP contribution in [0.4, 0.5) is 5.69 Å². The first-order valence-corrected chi connectivity index (χ1v) is 10.8. The summed E-state index contributed by atoms with van der Waals surface area (Å²) in [5, 5.41) is 2.93. The number of nitrogens with zero attached hydrogens (tertiary/aromatic N) is 3. The van der Waals surface area contributed by atoms with Crippen LogP contribution in [0.1, 0.15) is 45.6 Å². The number of benzene rings is 1. The molecule has 2 aliphatic heterocycles. The molecule has 0 bridgehead atoms. The maximum atomic E-state index is 12.2. The Morgan fingerprint density at radius 3 is 2.61 bits per heavy atom. The van der Waals surface area contributed by atoms with Gasteiger partial charge < -0.3 is 26.4 Å². The van der Waals surface area contributed by atoms with Gasteiger partial charge in [0, 0.05) is 24.6 Å². The van der Waals surface area contributed by atoms with Crippen LogP contribution in [-0.2, 0) is 16.1 Å². The normalized spacial score (nSPS) is 17.6. The Bertz CT molecular complexity index is 842. The number of carbonyl (C=O) groups is 2. The molecule has 1 saturated heterocycles. The van der Waals surface area contributed by atoms with Crippen LogP contribution in [0.25, 0.3) is 0 Å². The van der Waals surface area contributed by atoms with Crippen molar-refractivity contribution in [3.05, 3.63) is 23.8 Å². The summed E-state index contributed by atoms with van der Waals surface area (Å²) in [5.41, 5.74) is 13.1. The van der Waals surface area contributed by atoms with E-state index < -0.39 is 0 Å². The number of aliphatic imine (C=N–C) groups is 1. The minimum atomic E-state index is -0.302. The van der Waals surface area contributed by atoms with Gasteiger partial charge in [-0.15, -0.1) is 0 Å². The highest BCUT2D eigenvalue weighted by Gasteiger charge is 2.26. The van der Waals surface area contributed by atoms with Gasteiger partial charge in [0.25, 0.3) is 0 Å². The lowest BCUT2D eigenvalue weighted by Crippen LogP contribution is -2.49. The Balaban J connectivity index is 1.57. The molecule has 1 aromatic carbocycles. The Morgan fingerprint density at radius 1 is 1.26 bits per heavy atom. The Hall–Kier alpha value is -2.81. The Labute approximate surface area is 183 Å². The maximum absolute atomic E-state index is 12.2. The minimum Gasteiger partial charge on any atom is -0.493 e. The molecule has 0 saturated carbocycles. The number of nitrogens with two attached hydrogens (primary N) is 2. The van der Waals surface area contributed by atoms with E-state index in [0.717, 1.165) is 37.2 Å². The summed E-state index contributed by atoms with van der Waals surface area (Å²) in [5.74, 6) is 0.565. The fraction of sp³-hybridized carbons (Fsp3) is 0.591. The third kappa shape index (κ3) is 6.33. The zero-order valence-electron chi connectivity index (χ0n) is 18.7. The van der Waals surface area contributed by atoms with E-state index in [1.54, 1.807) is 4.90 Å². The quantitative estimate of drug-likeness (QED) is 0.567. The largest absolute Gasteiger partial charge is 0.493 e. The van der Waals surface area contributed by atoms with Gasteiger partial charge in [0.05, 0.1) is 18.3 Å². The van der Waals surface area contributed by atoms with Gasteiger partial charge in [0.1, 0.15) is 12.3 Å². The van der Waals surface area contributed by atoms with E-state index in [1.807, 2.05) is 39.0 Å². The molecule has 0 spiro atoms. The van der Waals surface area contributed by atoms with Crippen molar-refractivity contribution < 1.29 is 14.3 Å². The fourth-order valence-corrected chi connectivity index (χ4v) is 3.97. The molecule has 2 heterocycles. The van der Waals surface area contributed by atoms with Crippen LogP contribution in [0.15, 0.2) is 23.2 Å². The topological polar surface area (TPSA) is 126 Å². The van der Waals surface area contributed by atoms with Crippen molar-refractivity contribution in [2.24, 2.45) is 16.5 Å². The lowest BCUT2D eigenvalue weighted by atomic mass is 10.1. The zero-order chi connectivity index (χ0) is 22.6. The molecule has 31 heavy (non-hydrogen) atoms. The zero-order valence-corrected chi connectivity index (χ0v) is 18.7. The first-order valence-electron chi connectivity index (χ1n) is 10.8. The molecular weight excluding hydrogens is 396 g/mol. The molecule has 0 radical (unpaired) electrons. The summed E-state index contributed by atoms with van der Waals surface area (Å²) >= 11 is 0. The highest BCUT2D eigenvalue weighted by Crippen LogP contribution is 2.30. The van der Waals surface area contributed by atoms with Crippen molar-refractivity contribution in [1.29, 1.82) is 0 Å². The predicted octanol–water partition coefficient (Wildman–Crippen LogP) is 1.08. The van der Waals surface area contributed by atoms with Gasteiger partial charge in [-0.25, -0.2) is 4.99 Å². The summed E-state index contributed by atoms with van der Waals surface area (Å²) in [6.45, 7) is 8.66. The second-order valence-corrected chi connectivity index (χ2v) is 9.21. The SMILES string of the molecule is CC(C)(C)NC(=O)CN1Cc2ccc(OCCC(C(N)=O)N3CCCC3)cc2N=C1N. The molecule has 5 N–H and O–H groups in total. The summed E-state index contributed by atoms with van der Waals surface area (Å²) < 4.78 is 5.87. The number of hydrogen-bond donors (Lipinski definition) is 3. The number of guanidine groups is 1. The number of fused-ring (bicyclic) bond motifs is 1. The summed E-state index contributed by atoms with van der Waals surface area (Å²) in [7, 11) is 0. The van der Waals surface area contributed by atoms with Crippen LogP contribution in [0.2, 0.25) is 0 Å². The van der Waals surface area contributed by atoms with Crippen LogP contribution >= 0.6 is 0 Å². The monoisotopic (exact) mass is 430 g/mol. The second-order valence-electron chi connectivity index (χ2n) is 9.21. The molecule has 1 atom stereocenters. The third-order valence-electron chi connectivity index (χ3n) is 5.40. The molecule has 9 heteroatoms. The number of ether oxygens (including phenoxy) is 1. The van der Waals surface area contributed by atoms with Gasteiger partial charge in [-0.3, -0.25) is 14.5 Å². The second kappa shape index (κ2) is 9.55. The van der Waals surface area contributed by atoms with Crippen molar-refractivity contribution in [2.45, 2.75) is 58.2 Å². The lowest BCUT2D eigenvalue weighted by Gasteiger charge is -2.29. The van der Waals surface area contributed by atoms with Gasteiger partial charge in [-0.05, 0) is 58.3 Å². The van der Waals surface area contributed by atoms with Crippen LogP contribution in [-0.4, -0.2) is 65.4 Å². The van der Waals surface area contributed by atoms with Gasteiger partial charge >= 0.3 is 0 Å². The van der Waals surface area contributed by atoms with Gasteiger partial charge in [-0.1, -0.05) is 6.07 Å². The molecule has 3 rings (SSSR count). The number of carbonyl (C=O) groups excluding carboxylic acids is 2. The van der Waals surface area contributed by atoms with Crippen molar-refractivity contribution >= 4 is 23.5 Å². The van der Waals surface area contributed by atoms with Gasteiger partial charge in [0.2, 0.25) is 11.8 Å². The van der Waals surface area contributed by atoms with Crippen molar-refractivity contribution in [3.8, 4) is 5.75 Å². The van der Waals surface area contributed by atoms with Gasteiger partial charge in [0.15, 0.2) is 5.96 Å². The Kier molecular flexibility index (Phi) is 7.04. The highest BCUT2D eigenvalue weighted by atomic mass is 16.5. The number of rotatable bonds is 8. The Morgan fingerprint density at radius 2 is 1.97 bits per heavy atom. The van der Waals surface area contributed by atoms with Crippen molar-refractivity contribution in [2.75, 3.05) is 26.2 Å². The van der Waals surface area contributed by atoms with Crippen molar-refractivity contribution in [1.82, 2.24) is 15.1 Å². The molecule has 1 aromatic rings. The highest BCUT2D eigenvalue weighted by molar-refractivity contribution is 5.88. The maximum Gasteiger partial charge on any atom is 0.240 e. The molecule has 9 nitrogen and oxygen atoms in total. The van der Waals surface area contributed by atoms with Crippen LogP contribution in [0.5, 0.6) is 5.75 Å². The smallest absolute Gasteiger partial charge is 0.240 e. The molecular formula is C22H34N6O3. The molecule has 2 amide bonds. The van der Waals surface area contributed by atoms with Crippen molar-refractivity contribution in [3.63, 3.8) is 0 Å². The number of amides is 2.